The van der Waals surface area contributed by atoms with Crippen molar-refractivity contribution in [1.29, 1.82) is 0 Å². The summed E-state index contributed by atoms with van der Waals surface area (Å²) in [4.78, 5) is 34.9. The molecular weight excluding hydrogens is 436 g/mol. The van der Waals surface area contributed by atoms with Gasteiger partial charge in [0.25, 0.3) is 0 Å². The third-order valence-corrected chi connectivity index (χ3v) is 6.07. The second-order valence-electron chi connectivity index (χ2n) is 7.88. The molecule has 0 bridgehead atoms. The van der Waals surface area contributed by atoms with E-state index in [1.807, 2.05) is 49.9 Å². The summed E-state index contributed by atoms with van der Waals surface area (Å²) < 4.78 is 5.71. The van der Waals surface area contributed by atoms with E-state index >= 15 is 0 Å². The molecule has 0 radical (unpaired) electrons. The molecule has 1 aliphatic heterocycles. The van der Waals surface area contributed by atoms with Crippen molar-refractivity contribution in [2.45, 2.75) is 45.2 Å². The van der Waals surface area contributed by atoms with Gasteiger partial charge in [-0.2, -0.15) is 0 Å². The number of nitrogens with one attached hydrogen (secondary N) is 2. The lowest BCUT2D eigenvalue weighted by molar-refractivity contribution is -0.138. The van der Waals surface area contributed by atoms with Crippen LogP contribution < -0.4 is 5.32 Å². The zero-order valence-electron chi connectivity index (χ0n) is 17.2. The van der Waals surface area contributed by atoms with Crippen LogP contribution in [0.5, 0.6) is 0 Å². The summed E-state index contributed by atoms with van der Waals surface area (Å²) in [5.41, 5.74) is 1.37. The zero-order valence-corrected chi connectivity index (χ0v) is 18.7. The van der Waals surface area contributed by atoms with Gasteiger partial charge in [-0.15, -0.1) is 0 Å². The number of rotatable bonds is 5. The Morgan fingerprint density at radius 3 is 2.62 bits per heavy atom. The van der Waals surface area contributed by atoms with Gasteiger partial charge < -0.3 is 19.9 Å². The molecule has 1 aliphatic rings. The topological polar surface area (TPSA) is 87.3 Å². The first kappa shape index (κ1) is 21.4. The fraction of sp³-hybridized carbons (Fsp3) is 0.476. The molecule has 2 amide bonds. The summed E-state index contributed by atoms with van der Waals surface area (Å²) in [6.45, 7) is 6.46. The fourth-order valence-corrected chi connectivity index (χ4v) is 4.07. The number of hydrogen-bond donors (Lipinski definition) is 2. The van der Waals surface area contributed by atoms with Gasteiger partial charge in [-0.3, -0.25) is 4.79 Å². The molecule has 1 aromatic carbocycles. The van der Waals surface area contributed by atoms with Crippen molar-refractivity contribution >= 4 is 27.9 Å². The quantitative estimate of drug-likeness (QED) is 0.700. The van der Waals surface area contributed by atoms with Crippen molar-refractivity contribution in [3.05, 3.63) is 40.8 Å². The van der Waals surface area contributed by atoms with E-state index in [2.05, 4.69) is 31.2 Å². The first-order chi connectivity index (χ1) is 13.8. The Bertz CT molecular complexity index is 880. The van der Waals surface area contributed by atoms with Gasteiger partial charge in [-0.25, -0.2) is 9.78 Å². The summed E-state index contributed by atoms with van der Waals surface area (Å²) >= 11 is 3.45. The minimum absolute atomic E-state index is 0.0682. The predicted octanol–water partition coefficient (Wildman–Crippen LogP) is 4.06. The SMILES string of the molecule is COC(=O)NC(C(=O)N1CCCC1(C)c1ncc(-c2ccc(Br)cc2)[nH]1)C(C)C. The number of carbonyl (C=O) groups excluding carboxylic acids is 2. The third kappa shape index (κ3) is 4.32. The van der Waals surface area contributed by atoms with Crippen LogP contribution in [0.25, 0.3) is 11.3 Å². The number of carbonyl (C=O) groups is 2. The number of ether oxygens (including phenoxy) is 1. The summed E-state index contributed by atoms with van der Waals surface area (Å²) in [6, 6.07) is 7.33. The Kier molecular flexibility index (Phi) is 6.31. The zero-order chi connectivity index (χ0) is 21.2. The molecule has 8 heteroatoms. The van der Waals surface area contributed by atoms with E-state index in [1.165, 1.54) is 7.11 Å². The van der Waals surface area contributed by atoms with Gasteiger partial charge in [0.05, 0.1) is 24.5 Å². The van der Waals surface area contributed by atoms with Crippen molar-refractivity contribution in [3.8, 4) is 11.3 Å². The van der Waals surface area contributed by atoms with E-state index < -0.39 is 17.7 Å². The van der Waals surface area contributed by atoms with Crippen molar-refractivity contribution in [1.82, 2.24) is 20.2 Å². The molecule has 3 rings (SSSR count). The second kappa shape index (κ2) is 8.57. The Labute approximate surface area is 179 Å². The Morgan fingerprint density at radius 2 is 2.00 bits per heavy atom. The smallest absolute Gasteiger partial charge is 0.407 e. The first-order valence-corrected chi connectivity index (χ1v) is 10.5. The van der Waals surface area contributed by atoms with Crippen LogP contribution in [0.4, 0.5) is 4.79 Å². The van der Waals surface area contributed by atoms with E-state index in [0.717, 1.165) is 34.4 Å². The molecule has 1 aromatic heterocycles. The van der Waals surface area contributed by atoms with Crippen LogP contribution in [-0.4, -0.2) is 46.6 Å². The highest BCUT2D eigenvalue weighted by Gasteiger charge is 2.45. The van der Waals surface area contributed by atoms with Gasteiger partial charge in [-0.1, -0.05) is 41.9 Å². The highest BCUT2D eigenvalue weighted by atomic mass is 79.9. The van der Waals surface area contributed by atoms with Crippen LogP contribution in [0.15, 0.2) is 34.9 Å². The van der Waals surface area contributed by atoms with E-state index in [9.17, 15) is 9.59 Å². The number of hydrogen-bond acceptors (Lipinski definition) is 4. The first-order valence-electron chi connectivity index (χ1n) is 9.73. The Balaban J connectivity index is 1.87. The number of amides is 2. The second-order valence-corrected chi connectivity index (χ2v) is 8.79. The van der Waals surface area contributed by atoms with Crippen molar-refractivity contribution in [2.24, 2.45) is 5.92 Å². The number of nitrogens with zero attached hydrogens (tertiary/aromatic N) is 2. The number of likely N-dealkylation sites (tertiary alicyclic amines) is 1. The molecule has 0 aliphatic carbocycles. The largest absolute Gasteiger partial charge is 0.453 e. The minimum atomic E-state index is -0.652. The maximum atomic E-state index is 13.4. The third-order valence-electron chi connectivity index (χ3n) is 5.54. The van der Waals surface area contributed by atoms with E-state index in [4.69, 9.17) is 4.74 Å². The summed E-state index contributed by atoms with van der Waals surface area (Å²) in [5, 5.41) is 2.68. The fourth-order valence-electron chi connectivity index (χ4n) is 3.80. The summed E-state index contributed by atoms with van der Waals surface area (Å²) in [5.74, 6) is 0.565. The molecule has 2 atom stereocenters. The van der Waals surface area contributed by atoms with Crippen molar-refractivity contribution in [2.75, 3.05) is 13.7 Å². The van der Waals surface area contributed by atoms with E-state index in [1.54, 1.807) is 6.20 Å². The number of alkyl carbamates (subject to hydrolysis) is 1. The van der Waals surface area contributed by atoms with Gasteiger partial charge in [0.1, 0.15) is 11.9 Å². The molecule has 2 unspecified atom stereocenters. The number of H-pyrrole nitrogens is 1. The molecule has 7 nitrogen and oxygen atoms in total. The lowest BCUT2D eigenvalue weighted by Crippen LogP contribution is -2.55. The molecule has 2 heterocycles. The number of halogens is 1. The predicted molar refractivity (Wildman–Crippen MR) is 114 cm³/mol. The molecule has 1 fully saturated rings. The van der Waals surface area contributed by atoms with Gasteiger partial charge >= 0.3 is 6.09 Å². The lowest BCUT2D eigenvalue weighted by Gasteiger charge is -2.37. The summed E-state index contributed by atoms with van der Waals surface area (Å²) in [7, 11) is 1.30. The Morgan fingerprint density at radius 1 is 1.31 bits per heavy atom. The monoisotopic (exact) mass is 462 g/mol. The van der Waals surface area contributed by atoms with Crippen LogP contribution in [0, 0.1) is 5.92 Å². The minimum Gasteiger partial charge on any atom is -0.453 e. The van der Waals surface area contributed by atoms with Gasteiger partial charge in [0.15, 0.2) is 0 Å². The molecule has 0 spiro atoms. The maximum absolute atomic E-state index is 13.4. The standard InChI is InChI=1S/C21H27BrN4O3/c1-13(2)17(25-20(28)29-4)18(27)26-11-5-10-21(26,3)19-23-12-16(24-19)14-6-8-15(22)9-7-14/h6-9,12-13,17H,5,10-11H2,1-4H3,(H,23,24)(H,25,28). The van der Waals surface area contributed by atoms with Gasteiger partial charge in [0, 0.05) is 11.0 Å². The highest BCUT2D eigenvalue weighted by molar-refractivity contribution is 9.10. The van der Waals surface area contributed by atoms with Crippen molar-refractivity contribution in [3.63, 3.8) is 0 Å². The van der Waals surface area contributed by atoms with E-state index in [0.29, 0.717) is 6.54 Å². The van der Waals surface area contributed by atoms with Crippen LogP contribution >= 0.6 is 15.9 Å². The summed E-state index contributed by atoms with van der Waals surface area (Å²) in [6.07, 6.45) is 2.88. The number of methoxy groups -OCH3 is 1. The van der Waals surface area contributed by atoms with E-state index in [-0.39, 0.29) is 11.8 Å². The molecular formula is C21H27BrN4O3. The molecule has 29 heavy (non-hydrogen) atoms. The van der Waals surface area contributed by atoms with Crippen LogP contribution in [-0.2, 0) is 15.1 Å². The average Bonchev–Trinajstić information content (AvgIpc) is 3.33. The number of aromatic amines is 1. The molecule has 0 saturated carbocycles. The molecule has 2 N–H and O–H groups in total. The highest BCUT2D eigenvalue weighted by Crippen LogP contribution is 2.38. The average molecular weight is 463 g/mol. The van der Waals surface area contributed by atoms with Gasteiger partial charge in [-0.05, 0) is 43.4 Å². The van der Waals surface area contributed by atoms with Crippen LogP contribution in [0.3, 0.4) is 0 Å². The van der Waals surface area contributed by atoms with Gasteiger partial charge in [0.2, 0.25) is 5.91 Å². The molecule has 2 aromatic rings. The van der Waals surface area contributed by atoms with Crippen LogP contribution in [0.2, 0.25) is 0 Å². The lowest BCUT2D eigenvalue weighted by atomic mass is 9.95. The number of imidazole rings is 1. The molecule has 1 saturated heterocycles. The van der Waals surface area contributed by atoms with Crippen LogP contribution in [0.1, 0.15) is 39.4 Å². The number of aromatic nitrogens is 2. The maximum Gasteiger partial charge on any atom is 0.407 e. The number of benzene rings is 1. The Hall–Kier alpha value is -2.35. The van der Waals surface area contributed by atoms with Crippen molar-refractivity contribution < 1.29 is 14.3 Å². The normalized spacial score (nSPS) is 20.0. The molecule has 156 valence electrons.